The Kier molecular flexibility index (Phi) is 7.80. The summed E-state index contributed by atoms with van der Waals surface area (Å²) >= 11 is 0. The van der Waals surface area contributed by atoms with E-state index in [0.29, 0.717) is 17.9 Å². The summed E-state index contributed by atoms with van der Waals surface area (Å²) in [5.41, 5.74) is 4.89. The molecule has 1 amide bonds. The molecular weight excluding hydrogens is 482 g/mol. The summed E-state index contributed by atoms with van der Waals surface area (Å²) < 4.78 is 33.7. The van der Waals surface area contributed by atoms with Crippen LogP contribution in [0.2, 0.25) is 0 Å². The zero-order valence-electron chi connectivity index (χ0n) is 21.2. The number of halogens is 2. The standard InChI is InChI=1S/C32H30F2N2O2/c1-22(32(37)35-20-23-11-14-27(33)15-12-23)38-28-16-13-24-17-18-36(21-26-9-5-6-10-30(26)34)31(29(24)19-28)25-7-3-2-4-8-25/h2-16,19,22,31H,17-18,20-21H2,1H3,(H,35,37)/t22-,31-/m1/s1. The summed E-state index contributed by atoms with van der Waals surface area (Å²) in [5.74, 6) is -0.178. The van der Waals surface area contributed by atoms with E-state index in [1.165, 1.54) is 23.8 Å². The summed E-state index contributed by atoms with van der Waals surface area (Å²) in [6.45, 7) is 3.28. The highest BCUT2D eigenvalue weighted by atomic mass is 19.1. The predicted octanol–water partition coefficient (Wildman–Crippen LogP) is 6.20. The molecular formula is C32H30F2N2O2. The molecule has 0 aliphatic carbocycles. The SMILES string of the molecule is C[C@@H](Oc1ccc2c(c1)[C@@H](c1ccccc1)N(Cc1ccccc1F)CC2)C(=O)NCc1ccc(F)cc1. The van der Waals surface area contributed by atoms with Crippen LogP contribution in [0.4, 0.5) is 8.78 Å². The number of nitrogens with one attached hydrogen (secondary N) is 1. The molecule has 0 saturated carbocycles. The van der Waals surface area contributed by atoms with Crippen molar-refractivity contribution in [3.63, 3.8) is 0 Å². The van der Waals surface area contributed by atoms with Crippen LogP contribution in [0.15, 0.2) is 97.1 Å². The zero-order valence-corrected chi connectivity index (χ0v) is 21.2. The van der Waals surface area contributed by atoms with Gasteiger partial charge < -0.3 is 10.1 Å². The maximum atomic E-state index is 14.5. The molecule has 0 radical (unpaired) electrons. The van der Waals surface area contributed by atoms with Crippen molar-refractivity contribution in [3.05, 3.63) is 137 Å². The number of amides is 1. The maximum absolute atomic E-state index is 14.5. The molecule has 0 fully saturated rings. The molecule has 1 aliphatic heterocycles. The highest BCUT2D eigenvalue weighted by Crippen LogP contribution is 2.38. The monoisotopic (exact) mass is 512 g/mol. The summed E-state index contributed by atoms with van der Waals surface area (Å²) in [6, 6.07) is 29.0. The maximum Gasteiger partial charge on any atom is 0.261 e. The number of fused-ring (bicyclic) bond motifs is 1. The quantitative estimate of drug-likeness (QED) is 0.306. The normalized spacial score (nSPS) is 15.9. The lowest BCUT2D eigenvalue weighted by Crippen LogP contribution is -2.37. The van der Waals surface area contributed by atoms with Gasteiger partial charge in [-0.25, -0.2) is 8.78 Å². The van der Waals surface area contributed by atoms with E-state index in [0.717, 1.165) is 29.7 Å². The fraction of sp³-hybridized carbons (Fsp3) is 0.219. The second kappa shape index (κ2) is 11.6. The third kappa shape index (κ3) is 5.92. The van der Waals surface area contributed by atoms with Crippen LogP contribution >= 0.6 is 0 Å². The van der Waals surface area contributed by atoms with Crippen molar-refractivity contribution in [2.45, 2.75) is 38.6 Å². The molecule has 5 rings (SSSR count). The van der Waals surface area contributed by atoms with Crippen LogP contribution in [0.5, 0.6) is 5.75 Å². The average Bonchev–Trinajstić information content (AvgIpc) is 2.94. The number of hydrogen-bond donors (Lipinski definition) is 1. The number of carbonyl (C=O) groups is 1. The summed E-state index contributed by atoms with van der Waals surface area (Å²) in [4.78, 5) is 15.0. The molecule has 4 aromatic rings. The predicted molar refractivity (Wildman–Crippen MR) is 144 cm³/mol. The minimum Gasteiger partial charge on any atom is -0.481 e. The minimum absolute atomic E-state index is 0.0780. The Morgan fingerprint density at radius 1 is 0.974 bits per heavy atom. The van der Waals surface area contributed by atoms with Crippen molar-refractivity contribution < 1.29 is 18.3 Å². The van der Waals surface area contributed by atoms with Gasteiger partial charge in [0, 0.05) is 25.2 Å². The van der Waals surface area contributed by atoms with Gasteiger partial charge in [-0.1, -0.05) is 66.7 Å². The Hall–Kier alpha value is -4.03. The molecule has 1 heterocycles. The van der Waals surface area contributed by atoms with Crippen LogP contribution in [-0.2, 0) is 24.3 Å². The van der Waals surface area contributed by atoms with Crippen molar-refractivity contribution in [2.75, 3.05) is 6.54 Å². The average molecular weight is 513 g/mol. The van der Waals surface area contributed by atoms with Crippen LogP contribution in [0.3, 0.4) is 0 Å². The van der Waals surface area contributed by atoms with Crippen LogP contribution in [0, 0.1) is 11.6 Å². The van der Waals surface area contributed by atoms with Crippen molar-refractivity contribution in [3.8, 4) is 5.75 Å². The van der Waals surface area contributed by atoms with Crippen LogP contribution < -0.4 is 10.1 Å². The largest absolute Gasteiger partial charge is 0.481 e. The Bertz CT molecular complexity index is 1390. The van der Waals surface area contributed by atoms with Gasteiger partial charge in [-0.3, -0.25) is 9.69 Å². The van der Waals surface area contributed by atoms with Gasteiger partial charge in [0.05, 0.1) is 6.04 Å². The molecule has 38 heavy (non-hydrogen) atoms. The van der Waals surface area contributed by atoms with E-state index in [1.807, 2.05) is 42.5 Å². The topological polar surface area (TPSA) is 41.6 Å². The van der Waals surface area contributed by atoms with Gasteiger partial charge in [0.1, 0.15) is 17.4 Å². The van der Waals surface area contributed by atoms with Crippen molar-refractivity contribution in [2.24, 2.45) is 0 Å². The summed E-state index contributed by atoms with van der Waals surface area (Å²) in [5, 5.41) is 2.84. The summed E-state index contributed by atoms with van der Waals surface area (Å²) in [7, 11) is 0. The van der Waals surface area contributed by atoms with Crippen LogP contribution in [-0.4, -0.2) is 23.5 Å². The molecule has 0 spiro atoms. The van der Waals surface area contributed by atoms with Crippen molar-refractivity contribution >= 4 is 5.91 Å². The summed E-state index contributed by atoms with van der Waals surface area (Å²) in [6.07, 6.45) is 0.114. The third-order valence-electron chi connectivity index (χ3n) is 6.95. The van der Waals surface area contributed by atoms with Crippen molar-refractivity contribution in [1.82, 2.24) is 10.2 Å². The first-order valence-electron chi connectivity index (χ1n) is 12.8. The Balaban J connectivity index is 1.35. The van der Waals surface area contributed by atoms with E-state index in [4.69, 9.17) is 4.74 Å². The Labute approximate surface area is 221 Å². The Morgan fingerprint density at radius 2 is 1.71 bits per heavy atom. The van der Waals surface area contributed by atoms with E-state index in [9.17, 15) is 13.6 Å². The highest BCUT2D eigenvalue weighted by molar-refractivity contribution is 5.80. The number of hydrogen-bond acceptors (Lipinski definition) is 3. The lowest BCUT2D eigenvalue weighted by molar-refractivity contribution is -0.127. The molecule has 6 heteroatoms. The number of benzene rings is 4. The fourth-order valence-corrected chi connectivity index (χ4v) is 4.95. The molecule has 1 N–H and O–H groups in total. The fourth-order valence-electron chi connectivity index (χ4n) is 4.95. The van der Waals surface area contributed by atoms with E-state index in [1.54, 1.807) is 25.1 Å². The van der Waals surface area contributed by atoms with Gasteiger partial charge in [0.25, 0.3) is 5.91 Å². The van der Waals surface area contributed by atoms with E-state index >= 15 is 0 Å². The first-order chi connectivity index (χ1) is 18.5. The lowest BCUT2D eigenvalue weighted by Gasteiger charge is -2.38. The molecule has 4 nitrogen and oxygen atoms in total. The number of carbonyl (C=O) groups excluding carboxylic acids is 1. The number of ether oxygens (including phenoxy) is 1. The molecule has 194 valence electrons. The van der Waals surface area contributed by atoms with Gasteiger partial charge in [0.2, 0.25) is 0 Å². The van der Waals surface area contributed by atoms with Crippen LogP contribution in [0.1, 0.15) is 40.8 Å². The molecule has 0 bridgehead atoms. The minimum atomic E-state index is -0.721. The van der Waals surface area contributed by atoms with E-state index in [-0.39, 0.29) is 30.1 Å². The number of rotatable bonds is 8. The van der Waals surface area contributed by atoms with Gasteiger partial charge in [0.15, 0.2) is 6.10 Å². The molecule has 4 aromatic carbocycles. The van der Waals surface area contributed by atoms with Crippen LogP contribution in [0.25, 0.3) is 0 Å². The molecule has 0 aromatic heterocycles. The zero-order chi connectivity index (χ0) is 26.5. The van der Waals surface area contributed by atoms with Crippen molar-refractivity contribution in [1.29, 1.82) is 0 Å². The second-order valence-electron chi connectivity index (χ2n) is 9.59. The number of nitrogens with zero attached hydrogens (tertiary/aromatic N) is 1. The molecule has 2 atom stereocenters. The highest BCUT2D eigenvalue weighted by Gasteiger charge is 2.30. The van der Waals surface area contributed by atoms with Gasteiger partial charge in [-0.15, -0.1) is 0 Å². The molecule has 0 unspecified atom stereocenters. The molecule has 1 aliphatic rings. The lowest BCUT2D eigenvalue weighted by atomic mass is 9.87. The van der Waals surface area contributed by atoms with E-state index < -0.39 is 6.10 Å². The first kappa shape index (κ1) is 25.6. The molecule has 0 saturated heterocycles. The van der Waals surface area contributed by atoms with Gasteiger partial charge >= 0.3 is 0 Å². The van der Waals surface area contributed by atoms with Gasteiger partial charge in [-0.05, 0) is 65.9 Å². The van der Waals surface area contributed by atoms with Gasteiger partial charge in [-0.2, -0.15) is 0 Å². The smallest absolute Gasteiger partial charge is 0.261 e. The Morgan fingerprint density at radius 3 is 2.47 bits per heavy atom. The van der Waals surface area contributed by atoms with E-state index in [2.05, 4.69) is 28.4 Å². The second-order valence-corrected chi connectivity index (χ2v) is 9.59. The third-order valence-corrected chi connectivity index (χ3v) is 6.95. The first-order valence-corrected chi connectivity index (χ1v) is 12.8.